The van der Waals surface area contributed by atoms with Crippen molar-refractivity contribution in [3.8, 4) is 0 Å². The summed E-state index contributed by atoms with van der Waals surface area (Å²) in [7, 11) is -2.15. The number of allylic oxidation sites excluding steroid dienone is 2. The molecule has 2 aliphatic heterocycles. The van der Waals surface area contributed by atoms with Gasteiger partial charge in [-0.3, -0.25) is 0 Å². The zero-order valence-corrected chi connectivity index (χ0v) is 20.4. The van der Waals surface area contributed by atoms with Crippen molar-refractivity contribution in [1.29, 1.82) is 0 Å². The maximum atomic E-state index is 14.9. The molecule has 2 heterocycles. The van der Waals surface area contributed by atoms with Crippen molar-refractivity contribution in [1.82, 2.24) is 9.80 Å². The highest BCUT2D eigenvalue weighted by Gasteiger charge is 2.80. The monoisotopic (exact) mass is 488 g/mol. The Kier molecular flexibility index (Phi) is 6.74. The smallest absolute Gasteiger partial charge is 0.372 e. The zero-order chi connectivity index (χ0) is 23.4. The van der Waals surface area contributed by atoms with Crippen molar-refractivity contribution >= 4 is 18.5 Å². The fraction of sp³-hybridized carbons (Fsp3) is 0.810. The largest absolute Gasteiger partial charge is 0.415 e. The second kappa shape index (κ2) is 8.34. The molecule has 0 aromatic carbocycles. The van der Waals surface area contributed by atoms with Crippen LogP contribution in [-0.2, 0) is 0 Å². The van der Waals surface area contributed by atoms with E-state index in [1.54, 1.807) is 20.8 Å². The Hall–Kier alpha value is -0.560. The molecule has 1 aliphatic carbocycles. The minimum absolute atomic E-state index is 0.0484. The van der Waals surface area contributed by atoms with Crippen molar-refractivity contribution in [3.63, 3.8) is 0 Å². The van der Waals surface area contributed by atoms with E-state index < -0.39 is 35.6 Å². The van der Waals surface area contributed by atoms with Crippen molar-refractivity contribution in [2.45, 2.75) is 77.8 Å². The normalized spacial score (nSPS) is 28.2. The van der Waals surface area contributed by atoms with Crippen molar-refractivity contribution < 1.29 is 26.3 Å². The molecule has 3 aliphatic rings. The molecule has 0 saturated heterocycles. The van der Waals surface area contributed by atoms with Crippen LogP contribution in [0, 0.1) is 5.41 Å². The Labute approximate surface area is 186 Å². The highest BCUT2D eigenvalue weighted by molar-refractivity contribution is 8.60. The highest BCUT2D eigenvalue weighted by atomic mass is 32.7. The van der Waals surface area contributed by atoms with Crippen LogP contribution in [0.15, 0.2) is 21.6 Å². The lowest BCUT2D eigenvalue weighted by Gasteiger charge is -2.55. The van der Waals surface area contributed by atoms with Crippen LogP contribution in [0.25, 0.3) is 0 Å². The van der Waals surface area contributed by atoms with E-state index in [4.69, 9.17) is 0 Å². The number of fused-ring (bicyclic) bond motifs is 1. The third-order valence-electron chi connectivity index (χ3n) is 6.91. The number of hydrogen-bond acceptors (Lipinski definition) is 3. The lowest BCUT2D eigenvalue weighted by molar-refractivity contribution is -0.172. The molecule has 178 valence electrons. The molecule has 2 atom stereocenters. The van der Waals surface area contributed by atoms with Crippen molar-refractivity contribution in [2.24, 2.45) is 5.41 Å². The van der Waals surface area contributed by atoms with Crippen LogP contribution in [0.3, 0.4) is 0 Å². The third kappa shape index (κ3) is 3.51. The van der Waals surface area contributed by atoms with Crippen molar-refractivity contribution in [3.05, 3.63) is 21.6 Å². The summed E-state index contributed by atoms with van der Waals surface area (Å²) in [6.45, 7) is 10.2. The predicted octanol–water partition coefficient (Wildman–Crippen LogP) is 7.69. The maximum absolute atomic E-state index is 14.9. The number of alkyl halides is 6. The van der Waals surface area contributed by atoms with Crippen LogP contribution in [0.5, 0.6) is 0 Å². The van der Waals surface area contributed by atoms with Crippen LogP contribution in [0.1, 0.15) is 60.3 Å². The highest BCUT2D eigenvalue weighted by Crippen LogP contribution is 2.91. The molecular formula is C21H31F6N2PS. The zero-order valence-electron chi connectivity index (χ0n) is 18.7. The van der Waals surface area contributed by atoms with Crippen LogP contribution in [0.2, 0.25) is 0 Å². The quantitative estimate of drug-likeness (QED) is 0.268. The van der Waals surface area contributed by atoms with Crippen LogP contribution >= 0.6 is 18.5 Å². The van der Waals surface area contributed by atoms with Crippen LogP contribution in [0.4, 0.5) is 26.3 Å². The molecule has 3 rings (SSSR count). The van der Waals surface area contributed by atoms with Gasteiger partial charge in [-0.15, -0.1) is 0 Å². The van der Waals surface area contributed by atoms with E-state index in [0.717, 1.165) is 24.2 Å². The number of hydrogen-bond donors (Lipinski definition) is 0. The summed E-state index contributed by atoms with van der Waals surface area (Å²) in [6, 6.07) is 0. The molecule has 0 amide bonds. The van der Waals surface area contributed by atoms with Gasteiger partial charge in [-0.25, -0.2) is 0 Å². The summed E-state index contributed by atoms with van der Waals surface area (Å²) >= 11 is 0.905. The molecule has 0 aromatic heterocycles. The SMILES string of the molecule is CCN(CC)C1=C(N(CC)CC)C2(C(F)(F)F)C(C(F)(F)F)=C(C3(C)CCCC3)SP12. The van der Waals surface area contributed by atoms with E-state index in [1.807, 2.05) is 18.7 Å². The van der Waals surface area contributed by atoms with Gasteiger partial charge in [0.25, 0.3) is 0 Å². The molecular weight excluding hydrogens is 457 g/mol. The Bertz CT molecular complexity index is 761. The predicted molar refractivity (Wildman–Crippen MR) is 116 cm³/mol. The standard InChI is InChI=1S/C21H31F6N2PS/c1-6-28(7-2)15-17(29(8-3)9-4)30-19(15,21(25,26)27)14(20(22,23)24)16(31-30)18(5)12-10-11-13-18/h6-13H2,1-5H3. The van der Waals surface area contributed by atoms with E-state index in [2.05, 4.69) is 0 Å². The Morgan fingerprint density at radius 2 is 1.35 bits per heavy atom. The topological polar surface area (TPSA) is 6.48 Å². The lowest BCUT2D eigenvalue weighted by Crippen LogP contribution is -2.59. The Morgan fingerprint density at radius 1 is 0.871 bits per heavy atom. The first-order valence-electron chi connectivity index (χ1n) is 11.0. The maximum Gasteiger partial charge on any atom is 0.415 e. The fourth-order valence-electron chi connectivity index (χ4n) is 5.32. The summed E-state index contributed by atoms with van der Waals surface area (Å²) in [5, 5.41) is -2.93. The first-order chi connectivity index (χ1) is 14.3. The van der Waals surface area contributed by atoms with Gasteiger partial charge in [0.1, 0.15) is 0 Å². The van der Waals surface area contributed by atoms with Gasteiger partial charge in [-0.1, -0.05) is 31.1 Å². The molecule has 2 unspecified atom stereocenters. The minimum atomic E-state index is -5.03. The molecule has 0 N–H and O–H groups in total. The first kappa shape index (κ1) is 25.1. The van der Waals surface area contributed by atoms with E-state index in [9.17, 15) is 26.3 Å². The Balaban J connectivity index is 2.37. The van der Waals surface area contributed by atoms with E-state index in [0.29, 0.717) is 31.4 Å². The molecule has 1 fully saturated rings. The summed E-state index contributed by atoms with van der Waals surface area (Å²) in [5.74, 6) is 0. The molecule has 0 bridgehead atoms. The van der Waals surface area contributed by atoms with Gasteiger partial charge in [0, 0.05) is 38.2 Å². The summed E-state index contributed by atoms with van der Waals surface area (Å²) in [6.07, 6.45) is -7.53. The van der Waals surface area contributed by atoms with Gasteiger partial charge in [0.2, 0.25) is 0 Å². The average Bonchev–Trinajstić information content (AvgIpc) is 3.24. The van der Waals surface area contributed by atoms with Gasteiger partial charge in [0.05, 0.1) is 16.7 Å². The van der Waals surface area contributed by atoms with Gasteiger partial charge in [0.15, 0.2) is 5.16 Å². The van der Waals surface area contributed by atoms with E-state index in [-0.39, 0.29) is 23.7 Å². The summed E-state index contributed by atoms with van der Waals surface area (Å²) < 4.78 is 88.6. The molecule has 0 radical (unpaired) electrons. The number of nitrogens with zero attached hydrogens (tertiary/aromatic N) is 2. The second-order valence-corrected chi connectivity index (χ2v) is 12.5. The molecule has 0 spiro atoms. The molecule has 31 heavy (non-hydrogen) atoms. The van der Waals surface area contributed by atoms with Gasteiger partial charge in [-0.05, 0) is 46.0 Å². The number of rotatable bonds is 7. The Morgan fingerprint density at radius 3 is 1.74 bits per heavy atom. The average molecular weight is 489 g/mol. The fourth-order valence-corrected chi connectivity index (χ4v) is 12.5. The van der Waals surface area contributed by atoms with Crippen LogP contribution < -0.4 is 0 Å². The molecule has 0 aromatic rings. The van der Waals surface area contributed by atoms with Gasteiger partial charge in [-0.2, -0.15) is 26.3 Å². The first-order valence-corrected chi connectivity index (χ1v) is 13.7. The van der Waals surface area contributed by atoms with Gasteiger partial charge >= 0.3 is 12.4 Å². The summed E-state index contributed by atoms with van der Waals surface area (Å²) in [4.78, 5) is 3.30. The van der Waals surface area contributed by atoms with E-state index >= 15 is 0 Å². The molecule has 10 heteroatoms. The van der Waals surface area contributed by atoms with Gasteiger partial charge < -0.3 is 9.80 Å². The number of halogens is 6. The van der Waals surface area contributed by atoms with E-state index in [1.165, 1.54) is 4.90 Å². The third-order valence-corrected chi connectivity index (χ3v) is 12.6. The molecule has 1 saturated carbocycles. The summed E-state index contributed by atoms with van der Waals surface area (Å²) in [5.41, 5.74) is -1.82. The van der Waals surface area contributed by atoms with Crippen LogP contribution in [-0.4, -0.2) is 53.5 Å². The lowest BCUT2D eigenvalue weighted by atomic mass is 9.80. The second-order valence-electron chi connectivity index (χ2n) is 8.58. The van der Waals surface area contributed by atoms with Crippen molar-refractivity contribution in [2.75, 3.05) is 26.2 Å². The molecule has 2 nitrogen and oxygen atoms in total. The minimum Gasteiger partial charge on any atom is -0.372 e.